The zero-order valence-corrected chi connectivity index (χ0v) is 8.29. The molecule has 0 saturated carbocycles. The summed E-state index contributed by atoms with van der Waals surface area (Å²) in [4.78, 5) is 0. The Bertz CT molecular complexity index is 356. The van der Waals surface area contributed by atoms with Crippen LogP contribution in [0.4, 0.5) is 0 Å². The first kappa shape index (κ1) is 10.2. The van der Waals surface area contributed by atoms with Crippen LogP contribution in [0.2, 0.25) is 0 Å². The van der Waals surface area contributed by atoms with E-state index in [1.165, 1.54) is 6.92 Å². The van der Waals surface area contributed by atoms with Gasteiger partial charge in [0.05, 0.1) is 5.75 Å². The summed E-state index contributed by atoms with van der Waals surface area (Å²) in [5.74, 6) is 0.0194. The van der Waals surface area contributed by atoms with Crippen molar-refractivity contribution in [3.63, 3.8) is 0 Å². The van der Waals surface area contributed by atoms with Crippen LogP contribution in [0.25, 0.3) is 0 Å². The van der Waals surface area contributed by atoms with Crippen LogP contribution in [0, 0.1) is 0 Å². The van der Waals surface area contributed by atoms with E-state index in [9.17, 15) is 8.42 Å². The van der Waals surface area contributed by atoms with E-state index < -0.39 is 15.2 Å². The minimum Gasteiger partial charge on any atom is -0.315 e. The lowest BCUT2D eigenvalue weighted by molar-refractivity contribution is 0.584. The Morgan fingerprint density at radius 1 is 1.31 bits per heavy atom. The van der Waals surface area contributed by atoms with Gasteiger partial charge >= 0.3 is 0 Å². The summed E-state index contributed by atoms with van der Waals surface area (Å²) in [5.41, 5.74) is 6.11. The van der Waals surface area contributed by atoms with Crippen molar-refractivity contribution < 1.29 is 8.42 Å². The summed E-state index contributed by atoms with van der Waals surface area (Å²) in [6, 6.07) is 9.03. The second-order valence-corrected chi connectivity index (χ2v) is 5.36. The molecule has 0 bridgehead atoms. The molecule has 13 heavy (non-hydrogen) atoms. The van der Waals surface area contributed by atoms with Crippen molar-refractivity contribution in [3.05, 3.63) is 35.9 Å². The Kier molecular flexibility index (Phi) is 3.06. The highest BCUT2D eigenvalue weighted by atomic mass is 32.2. The van der Waals surface area contributed by atoms with Crippen molar-refractivity contribution in [1.29, 1.82) is 0 Å². The first-order valence-electron chi connectivity index (χ1n) is 4.03. The molecular formula is C9H13NO2S. The molecule has 1 unspecified atom stereocenters. The predicted octanol–water partition coefficient (Wildman–Crippen LogP) is 0.906. The fourth-order valence-electron chi connectivity index (χ4n) is 0.938. The molecule has 0 heterocycles. The second kappa shape index (κ2) is 3.89. The van der Waals surface area contributed by atoms with Crippen LogP contribution in [0.1, 0.15) is 12.5 Å². The van der Waals surface area contributed by atoms with Gasteiger partial charge in [-0.2, -0.15) is 0 Å². The molecule has 0 radical (unpaired) electrons. The molecule has 1 aromatic rings. The van der Waals surface area contributed by atoms with E-state index in [1.807, 2.05) is 18.2 Å². The Morgan fingerprint density at radius 3 is 2.31 bits per heavy atom. The number of rotatable bonds is 3. The van der Waals surface area contributed by atoms with Gasteiger partial charge in [0.15, 0.2) is 9.84 Å². The summed E-state index contributed by atoms with van der Waals surface area (Å²) in [5, 5.41) is -0.798. The number of hydrogen-bond acceptors (Lipinski definition) is 3. The van der Waals surface area contributed by atoms with E-state index in [4.69, 9.17) is 5.73 Å². The van der Waals surface area contributed by atoms with E-state index in [0.717, 1.165) is 5.56 Å². The summed E-state index contributed by atoms with van der Waals surface area (Å²) in [6.45, 7) is 1.48. The van der Waals surface area contributed by atoms with Crippen molar-refractivity contribution >= 4 is 9.84 Å². The Hall–Kier alpha value is -0.870. The van der Waals surface area contributed by atoms with Crippen LogP contribution in [0.3, 0.4) is 0 Å². The number of hydrogen-bond donors (Lipinski definition) is 1. The van der Waals surface area contributed by atoms with E-state index >= 15 is 0 Å². The molecule has 0 aliphatic carbocycles. The van der Waals surface area contributed by atoms with Crippen LogP contribution in [-0.4, -0.2) is 13.8 Å². The minimum absolute atomic E-state index is 0.0194. The van der Waals surface area contributed by atoms with Crippen LogP contribution in [0.15, 0.2) is 30.3 Å². The fourth-order valence-corrected chi connectivity index (χ4v) is 1.86. The topological polar surface area (TPSA) is 60.2 Å². The summed E-state index contributed by atoms with van der Waals surface area (Å²) >= 11 is 0. The largest absolute Gasteiger partial charge is 0.315 e. The Morgan fingerprint density at radius 2 is 1.85 bits per heavy atom. The molecule has 0 fully saturated rings. The van der Waals surface area contributed by atoms with Gasteiger partial charge in [-0.1, -0.05) is 30.3 Å². The summed E-state index contributed by atoms with van der Waals surface area (Å²) in [7, 11) is -3.17. The van der Waals surface area contributed by atoms with E-state index in [2.05, 4.69) is 0 Å². The molecular weight excluding hydrogens is 186 g/mol. The highest BCUT2D eigenvalue weighted by molar-refractivity contribution is 7.91. The average Bonchev–Trinajstić information content (AvgIpc) is 2.05. The third kappa shape index (κ3) is 2.82. The fraction of sp³-hybridized carbons (Fsp3) is 0.333. The molecule has 1 rings (SSSR count). The molecule has 0 aromatic heterocycles. The maximum absolute atomic E-state index is 11.4. The van der Waals surface area contributed by atoms with Gasteiger partial charge in [0, 0.05) is 0 Å². The molecule has 3 nitrogen and oxygen atoms in total. The van der Waals surface area contributed by atoms with Crippen LogP contribution in [-0.2, 0) is 15.6 Å². The third-order valence-electron chi connectivity index (χ3n) is 1.78. The van der Waals surface area contributed by atoms with Crippen molar-refractivity contribution in [3.8, 4) is 0 Å². The quantitative estimate of drug-likeness (QED) is 0.787. The first-order valence-corrected chi connectivity index (χ1v) is 5.75. The van der Waals surface area contributed by atoms with Crippen molar-refractivity contribution in [2.45, 2.75) is 18.1 Å². The van der Waals surface area contributed by atoms with Gasteiger partial charge in [0.1, 0.15) is 5.37 Å². The molecule has 0 amide bonds. The molecule has 1 aromatic carbocycles. The Labute approximate surface area is 78.5 Å². The summed E-state index contributed by atoms with van der Waals surface area (Å²) in [6.07, 6.45) is 0. The average molecular weight is 199 g/mol. The number of benzene rings is 1. The standard InChI is InChI=1S/C9H13NO2S/c1-8(10)13(11,12)7-9-5-3-2-4-6-9/h2-6,8H,7,10H2,1H3. The van der Waals surface area contributed by atoms with E-state index in [0.29, 0.717) is 0 Å². The van der Waals surface area contributed by atoms with Crippen molar-refractivity contribution in [2.75, 3.05) is 0 Å². The normalized spacial score (nSPS) is 14.0. The monoisotopic (exact) mass is 199 g/mol. The third-order valence-corrected chi connectivity index (χ3v) is 3.65. The maximum Gasteiger partial charge on any atom is 0.169 e. The number of sulfone groups is 1. The van der Waals surface area contributed by atoms with E-state index in [1.54, 1.807) is 12.1 Å². The second-order valence-electron chi connectivity index (χ2n) is 3.00. The molecule has 0 aliphatic rings. The van der Waals surface area contributed by atoms with Crippen LogP contribution < -0.4 is 5.73 Å². The van der Waals surface area contributed by atoms with Gasteiger partial charge in [0.2, 0.25) is 0 Å². The van der Waals surface area contributed by atoms with Gasteiger partial charge < -0.3 is 5.73 Å². The van der Waals surface area contributed by atoms with Gasteiger partial charge in [-0.3, -0.25) is 0 Å². The Balaban J connectivity index is 2.82. The SMILES string of the molecule is CC(N)S(=O)(=O)Cc1ccccc1. The van der Waals surface area contributed by atoms with Gasteiger partial charge in [0.25, 0.3) is 0 Å². The number of nitrogens with two attached hydrogens (primary N) is 1. The van der Waals surface area contributed by atoms with Gasteiger partial charge in [-0.15, -0.1) is 0 Å². The van der Waals surface area contributed by atoms with Crippen LogP contribution >= 0.6 is 0 Å². The minimum atomic E-state index is -3.17. The maximum atomic E-state index is 11.4. The highest BCUT2D eigenvalue weighted by Crippen LogP contribution is 2.07. The van der Waals surface area contributed by atoms with Gasteiger partial charge in [-0.25, -0.2) is 8.42 Å². The lowest BCUT2D eigenvalue weighted by Gasteiger charge is -2.06. The molecule has 2 N–H and O–H groups in total. The van der Waals surface area contributed by atoms with Gasteiger partial charge in [-0.05, 0) is 12.5 Å². The van der Waals surface area contributed by atoms with E-state index in [-0.39, 0.29) is 5.75 Å². The highest BCUT2D eigenvalue weighted by Gasteiger charge is 2.16. The molecule has 1 atom stereocenters. The lowest BCUT2D eigenvalue weighted by atomic mass is 10.2. The van der Waals surface area contributed by atoms with Crippen molar-refractivity contribution in [2.24, 2.45) is 5.73 Å². The zero-order chi connectivity index (χ0) is 9.90. The molecule has 4 heteroatoms. The first-order chi connectivity index (χ1) is 6.02. The summed E-state index contributed by atoms with van der Waals surface area (Å²) < 4.78 is 22.7. The zero-order valence-electron chi connectivity index (χ0n) is 7.47. The smallest absolute Gasteiger partial charge is 0.169 e. The molecule has 0 spiro atoms. The molecule has 0 saturated heterocycles. The van der Waals surface area contributed by atoms with Crippen molar-refractivity contribution in [1.82, 2.24) is 0 Å². The predicted molar refractivity (Wildman–Crippen MR) is 52.7 cm³/mol. The lowest BCUT2D eigenvalue weighted by Crippen LogP contribution is -2.28. The molecule has 0 aliphatic heterocycles. The van der Waals surface area contributed by atoms with Crippen LogP contribution in [0.5, 0.6) is 0 Å². The molecule has 72 valence electrons.